The molecule has 0 amide bonds. The molecule has 0 aliphatic rings. The average molecular weight is 238 g/mol. The van der Waals surface area contributed by atoms with E-state index in [9.17, 15) is 18.0 Å². The van der Waals surface area contributed by atoms with E-state index in [0.717, 1.165) is 17.9 Å². The van der Waals surface area contributed by atoms with Crippen molar-refractivity contribution >= 4 is 5.97 Å². The van der Waals surface area contributed by atoms with Crippen LogP contribution in [0.1, 0.15) is 22.3 Å². The minimum absolute atomic E-state index is 0.289. The summed E-state index contributed by atoms with van der Waals surface area (Å²) in [5.41, 5.74) is -0.809. The van der Waals surface area contributed by atoms with E-state index < -0.39 is 23.9 Å². The van der Waals surface area contributed by atoms with Crippen LogP contribution in [0.5, 0.6) is 0 Å². The van der Waals surface area contributed by atoms with Gasteiger partial charge < -0.3 is 9.84 Å². The molecule has 1 rings (SSSR count). The SMILES string of the molecule is COC(=O)c1cc(C(O)C(F)(F)F)n(C)n1. The van der Waals surface area contributed by atoms with E-state index in [2.05, 4.69) is 9.84 Å². The van der Waals surface area contributed by atoms with Crippen molar-refractivity contribution in [1.29, 1.82) is 0 Å². The summed E-state index contributed by atoms with van der Waals surface area (Å²) < 4.78 is 41.7. The standard InChI is InChI=1S/C8H9F3N2O3/c1-13-5(6(14)8(9,10)11)3-4(12-13)7(15)16-2/h3,6,14H,1-2H3. The van der Waals surface area contributed by atoms with Crippen molar-refractivity contribution in [2.75, 3.05) is 7.11 Å². The van der Waals surface area contributed by atoms with Crippen LogP contribution in [0, 0.1) is 0 Å². The third kappa shape index (κ3) is 2.32. The van der Waals surface area contributed by atoms with E-state index in [1.807, 2.05) is 0 Å². The molecule has 8 heteroatoms. The lowest BCUT2D eigenvalue weighted by Gasteiger charge is -2.13. The Kier molecular flexibility index (Phi) is 3.22. The van der Waals surface area contributed by atoms with Crippen molar-refractivity contribution in [2.45, 2.75) is 12.3 Å². The number of hydrogen-bond acceptors (Lipinski definition) is 4. The molecule has 0 aliphatic carbocycles. The topological polar surface area (TPSA) is 64.3 Å². The molecule has 1 aromatic heterocycles. The van der Waals surface area contributed by atoms with Crippen molar-refractivity contribution in [2.24, 2.45) is 7.05 Å². The van der Waals surface area contributed by atoms with Crippen LogP contribution in [0.3, 0.4) is 0 Å². The average Bonchev–Trinajstić information content (AvgIpc) is 2.56. The zero-order valence-corrected chi connectivity index (χ0v) is 8.45. The molecule has 1 aromatic rings. The first-order valence-corrected chi connectivity index (χ1v) is 4.14. The number of esters is 1. The highest BCUT2D eigenvalue weighted by molar-refractivity contribution is 5.87. The fraction of sp³-hybridized carbons (Fsp3) is 0.500. The van der Waals surface area contributed by atoms with Crippen LogP contribution in [-0.2, 0) is 11.8 Å². The smallest absolute Gasteiger partial charge is 0.420 e. The number of alkyl halides is 3. The summed E-state index contributed by atoms with van der Waals surface area (Å²) in [4.78, 5) is 11.0. The van der Waals surface area contributed by atoms with Gasteiger partial charge in [0.1, 0.15) is 0 Å². The zero-order valence-electron chi connectivity index (χ0n) is 8.45. The van der Waals surface area contributed by atoms with Crippen molar-refractivity contribution in [1.82, 2.24) is 9.78 Å². The van der Waals surface area contributed by atoms with Gasteiger partial charge in [0, 0.05) is 7.05 Å². The Balaban J connectivity index is 3.07. The van der Waals surface area contributed by atoms with Crippen LogP contribution in [0.15, 0.2) is 6.07 Å². The van der Waals surface area contributed by atoms with Gasteiger partial charge in [0.25, 0.3) is 0 Å². The summed E-state index contributed by atoms with van der Waals surface area (Å²) in [6, 6.07) is 0.837. The number of aryl methyl sites for hydroxylation is 1. The zero-order chi connectivity index (χ0) is 12.5. The normalized spacial score (nSPS) is 13.6. The Labute approximate surface area is 88.4 Å². The van der Waals surface area contributed by atoms with E-state index in [1.54, 1.807) is 0 Å². The van der Waals surface area contributed by atoms with Gasteiger partial charge >= 0.3 is 12.1 Å². The first-order valence-electron chi connectivity index (χ1n) is 4.14. The molecule has 0 aromatic carbocycles. The van der Waals surface area contributed by atoms with Crippen molar-refractivity contribution < 1.29 is 27.8 Å². The van der Waals surface area contributed by atoms with Gasteiger partial charge in [-0.25, -0.2) is 4.79 Å². The molecular formula is C8H9F3N2O3. The Morgan fingerprint density at radius 2 is 2.19 bits per heavy atom. The van der Waals surface area contributed by atoms with Gasteiger partial charge in [-0.2, -0.15) is 18.3 Å². The molecule has 1 N–H and O–H groups in total. The first-order chi connectivity index (χ1) is 7.27. The Morgan fingerprint density at radius 3 is 2.62 bits per heavy atom. The number of ether oxygens (including phenoxy) is 1. The monoisotopic (exact) mass is 238 g/mol. The molecular weight excluding hydrogens is 229 g/mol. The van der Waals surface area contributed by atoms with E-state index in [-0.39, 0.29) is 5.69 Å². The van der Waals surface area contributed by atoms with Crippen LogP contribution in [0.2, 0.25) is 0 Å². The van der Waals surface area contributed by atoms with Crippen molar-refractivity contribution in [3.8, 4) is 0 Å². The van der Waals surface area contributed by atoms with Gasteiger partial charge in [0.2, 0.25) is 0 Å². The van der Waals surface area contributed by atoms with E-state index in [4.69, 9.17) is 5.11 Å². The lowest BCUT2D eigenvalue weighted by atomic mass is 10.2. The summed E-state index contributed by atoms with van der Waals surface area (Å²) in [5.74, 6) is -0.865. The van der Waals surface area contributed by atoms with Gasteiger partial charge in [-0.15, -0.1) is 0 Å². The summed E-state index contributed by atoms with van der Waals surface area (Å²) >= 11 is 0. The second-order valence-electron chi connectivity index (χ2n) is 3.01. The lowest BCUT2D eigenvalue weighted by Crippen LogP contribution is -2.22. The minimum Gasteiger partial charge on any atom is -0.464 e. The minimum atomic E-state index is -4.80. The summed E-state index contributed by atoms with van der Waals surface area (Å²) in [7, 11) is 2.27. The van der Waals surface area contributed by atoms with Gasteiger partial charge in [-0.3, -0.25) is 4.68 Å². The predicted molar refractivity (Wildman–Crippen MR) is 45.6 cm³/mol. The predicted octanol–water partition coefficient (Wildman–Crippen LogP) is 0.802. The number of aliphatic hydroxyl groups excluding tert-OH is 1. The molecule has 0 aliphatic heterocycles. The number of carbonyl (C=O) groups excluding carboxylic acids is 1. The molecule has 0 saturated carbocycles. The lowest BCUT2D eigenvalue weighted by molar-refractivity contribution is -0.208. The van der Waals surface area contributed by atoms with Crippen LogP contribution < -0.4 is 0 Å². The largest absolute Gasteiger partial charge is 0.464 e. The fourth-order valence-electron chi connectivity index (χ4n) is 1.11. The quantitative estimate of drug-likeness (QED) is 0.774. The van der Waals surface area contributed by atoms with Crippen molar-refractivity contribution in [3.63, 3.8) is 0 Å². The van der Waals surface area contributed by atoms with Crippen molar-refractivity contribution in [3.05, 3.63) is 17.5 Å². The second-order valence-corrected chi connectivity index (χ2v) is 3.01. The highest BCUT2D eigenvalue weighted by Crippen LogP contribution is 2.32. The van der Waals surface area contributed by atoms with E-state index in [0.29, 0.717) is 0 Å². The summed E-state index contributed by atoms with van der Waals surface area (Å²) in [5, 5.41) is 12.5. The molecule has 0 fully saturated rings. The highest BCUT2D eigenvalue weighted by atomic mass is 19.4. The summed E-state index contributed by atoms with van der Waals surface area (Å²) in [6.45, 7) is 0. The maximum Gasteiger partial charge on any atom is 0.420 e. The number of carbonyl (C=O) groups is 1. The Morgan fingerprint density at radius 1 is 1.62 bits per heavy atom. The van der Waals surface area contributed by atoms with E-state index in [1.165, 1.54) is 7.05 Å². The Hall–Kier alpha value is -1.57. The molecule has 5 nitrogen and oxygen atoms in total. The number of aliphatic hydroxyl groups is 1. The molecule has 16 heavy (non-hydrogen) atoms. The molecule has 1 atom stereocenters. The third-order valence-electron chi connectivity index (χ3n) is 1.90. The molecule has 1 unspecified atom stereocenters. The first kappa shape index (κ1) is 12.5. The Bertz CT molecular complexity index is 400. The van der Waals surface area contributed by atoms with E-state index >= 15 is 0 Å². The van der Waals surface area contributed by atoms with Crippen LogP contribution >= 0.6 is 0 Å². The van der Waals surface area contributed by atoms with Gasteiger partial charge in [0.15, 0.2) is 11.8 Å². The number of aromatic nitrogens is 2. The molecule has 1 heterocycles. The molecule has 0 radical (unpaired) electrons. The fourth-order valence-corrected chi connectivity index (χ4v) is 1.11. The summed E-state index contributed by atoms with van der Waals surface area (Å²) in [6.07, 6.45) is -7.48. The van der Waals surface area contributed by atoms with Crippen LogP contribution in [0.4, 0.5) is 13.2 Å². The number of methoxy groups -OCH3 is 1. The second kappa shape index (κ2) is 4.12. The number of nitrogens with zero attached hydrogens (tertiary/aromatic N) is 2. The number of rotatable bonds is 2. The maximum absolute atomic E-state index is 12.2. The number of hydrogen-bond donors (Lipinski definition) is 1. The van der Waals surface area contributed by atoms with Crippen LogP contribution in [-0.4, -0.2) is 34.1 Å². The highest BCUT2D eigenvalue weighted by Gasteiger charge is 2.41. The molecule has 90 valence electrons. The molecule has 0 spiro atoms. The number of halogens is 3. The molecule has 0 bridgehead atoms. The van der Waals surface area contributed by atoms with Crippen LogP contribution in [0.25, 0.3) is 0 Å². The molecule has 0 saturated heterocycles. The van der Waals surface area contributed by atoms with Gasteiger partial charge in [-0.1, -0.05) is 0 Å². The van der Waals surface area contributed by atoms with Gasteiger partial charge in [0.05, 0.1) is 12.8 Å². The maximum atomic E-state index is 12.2. The van der Waals surface area contributed by atoms with Gasteiger partial charge in [-0.05, 0) is 6.07 Å². The third-order valence-corrected chi connectivity index (χ3v) is 1.90.